The number of amides is 1. The number of carbonyl (C=O) groups is 1. The average molecular weight is 361 g/mol. The molecule has 0 unspecified atom stereocenters. The Kier molecular flexibility index (Phi) is 6.10. The van der Waals surface area contributed by atoms with E-state index in [2.05, 4.69) is 5.32 Å². The summed E-state index contributed by atoms with van der Waals surface area (Å²) in [5.74, 6) is 1.51. The fraction of sp³-hybridized carbons (Fsp3) is 0.174. The summed E-state index contributed by atoms with van der Waals surface area (Å²) in [6, 6.07) is 23.1. The Hall–Kier alpha value is -3.27. The Balaban J connectivity index is 1.69. The summed E-state index contributed by atoms with van der Waals surface area (Å²) >= 11 is 0. The number of nitrogens with one attached hydrogen (secondary N) is 1. The van der Waals surface area contributed by atoms with Gasteiger partial charge in [0.05, 0.1) is 13.7 Å². The summed E-state index contributed by atoms with van der Waals surface area (Å²) in [5, 5.41) is 2.96. The van der Waals surface area contributed by atoms with Gasteiger partial charge in [-0.05, 0) is 60.0 Å². The molecule has 0 aliphatic heterocycles. The van der Waals surface area contributed by atoms with E-state index in [1.807, 2.05) is 79.7 Å². The highest BCUT2D eigenvalue weighted by atomic mass is 16.5. The van der Waals surface area contributed by atoms with Crippen molar-refractivity contribution in [3.63, 3.8) is 0 Å². The Labute approximate surface area is 159 Å². The van der Waals surface area contributed by atoms with Crippen LogP contribution in [0, 0.1) is 0 Å². The third kappa shape index (κ3) is 4.88. The predicted octanol–water partition coefficient (Wildman–Crippen LogP) is 4.69. The maximum atomic E-state index is 12.5. The molecule has 0 saturated carbocycles. The zero-order valence-electron chi connectivity index (χ0n) is 15.6. The maximum Gasteiger partial charge on any atom is 0.251 e. The highest BCUT2D eigenvalue weighted by molar-refractivity contribution is 5.95. The van der Waals surface area contributed by atoms with Crippen molar-refractivity contribution < 1.29 is 14.3 Å². The molecule has 0 atom stereocenters. The molecule has 27 heavy (non-hydrogen) atoms. The van der Waals surface area contributed by atoms with Gasteiger partial charge in [-0.2, -0.15) is 0 Å². The van der Waals surface area contributed by atoms with Crippen LogP contribution in [0.4, 0.5) is 0 Å². The minimum Gasteiger partial charge on any atom is -0.497 e. The van der Waals surface area contributed by atoms with Gasteiger partial charge in [0.15, 0.2) is 0 Å². The third-order valence-electron chi connectivity index (χ3n) is 4.21. The van der Waals surface area contributed by atoms with Crippen LogP contribution in [0.1, 0.15) is 22.8 Å². The normalized spacial score (nSPS) is 10.3. The van der Waals surface area contributed by atoms with Crippen LogP contribution in [-0.2, 0) is 6.54 Å². The molecule has 0 spiro atoms. The van der Waals surface area contributed by atoms with Crippen LogP contribution >= 0.6 is 0 Å². The Morgan fingerprint density at radius 3 is 2.41 bits per heavy atom. The molecular weight excluding hydrogens is 338 g/mol. The second-order valence-corrected chi connectivity index (χ2v) is 6.07. The third-order valence-corrected chi connectivity index (χ3v) is 4.21. The van der Waals surface area contributed by atoms with Gasteiger partial charge in [0.1, 0.15) is 11.5 Å². The summed E-state index contributed by atoms with van der Waals surface area (Å²) in [6.45, 7) is 3.05. The van der Waals surface area contributed by atoms with Crippen molar-refractivity contribution in [3.8, 4) is 22.6 Å². The number of methoxy groups -OCH3 is 1. The van der Waals surface area contributed by atoms with Crippen molar-refractivity contribution in [1.82, 2.24) is 5.32 Å². The summed E-state index contributed by atoms with van der Waals surface area (Å²) in [7, 11) is 1.63. The average Bonchev–Trinajstić information content (AvgIpc) is 2.73. The monoisotopic (exact) mass is 361 g/mol. The SMILES string of the molecule is CCOc1ccc(-c2cccc(C(=O)NCc3cccc(OC)c3)c2)cc1. The van der Waals surface area contributed by atoms with Gasteiger partial charge in [-0.1, -0.05) is 36.4 Å². The zero-order chi connectivity index (χ0) is 19.1. The Morgan fingerprint density at radius 1 is 0.889 bits per heavy atom. The summed E-state index contributed by atoms with van der Waals surface area (Å²) in [6.07, 6.45) is 0. The van der Waals surface area contributed by atoms with Crippen LogP contribution < -0.4 is 14.8 Å². The highest BCUT2D eigenvalue weighted by Gasteiger charge is 2.08. The van der Waals surface area contributed by atoms with E-state index < -0.39 is 0 Å². The Bertz CT molecular complexity index is 904. The molecule has 0 radical (unpaired) electrons. The molecule has 1 N–H and O–H groups in total. The molecule has 0 bridgehead atoms. The lowest BCUT2D eigenvalue weighted by molar-refractivity contribution is 0.0951. The standard InChI is InChI=1S/C23H23NO3/c1-3-27-21-12-10-18(11-13-21)19-7-5-8-20(15-19)23(25)24-16-17-6-4-9-22(14-17)26-2/h4-15H,3,16H2,1-2H3,(H,24,25). The highest BCUT2D eigenvalue weighted by Crippen LogP contribution is 2.23. The molecule has 0 saturated heterocycles. The summed E-state index contributed by atoms with van der Waals surface area (Å²) in [4.78, 5) is 12.5. The van der Waals surface area contributed by atoms with Crippen LogP contribution in [-0.4, -0.2) is 19.6 Å². The molecule has 0 fully saturated rings. The molecule has 3 aromatic rings. The minimum absolute atomic E-state index is 0.106. The van der Waals surface area contributed by atoms with Gasteiger partial charge in [-0.15, -0.1) is 0 Å². The molecular formula is C23H23NO3. The maximum absolute atomic E-state index is 12.5. The van der Waals surface area contributed by atoms with E-state index in [4.69, 9.17) is 9.47 Å². The van der Waals surface area contributed by atoms with Crippen molar-refractivity contribution in [3.05, 3.63) is 83.9 Å². The Morgan fingerprint density at radius 2 is 1.67 bits per heavy atom. The molecule has 0 aliphatic rings. The van der Waals surface area contributed by atoms with E-state index in [0.29, 0.717) is 18.7 Å². The first-order valence-electron chi connectivity index (χ1n) is 8.94. The van der Waals surface area contributed by atoms with Crippen LogP contribution in [0.5, 0.6) is 11.5 Å². The van der Waals surface area contributed by atoms with Gasteiger partial charge in [0.2, 0.25) is 0 Å². The van der Waals surface area contributed by atoms with Crippen molar-refractivity contribution in [2.24, 2.45) is 0 Å². The second-order valence-electron chi connectivity index (χ2n) is 6.07. The lowest BCUT2D eigenvalue weighted by Gasteiger charge is -2.09. The van der Waals surface area contributed by atoms with Gasteiger partial charge in [-0.25, -0.2) is 0 Å². The van der Waals surface area contributed by atoms with Crippen LogP contribution in [0.2, 0.25) is 0 Å². The molecule has 0 aromatic heterocycles. The first-order chi connectivity index (χ1) is 13.2. The van der Waals surface area contributed by atoms with E-state index in [-0.39, 0.29) is 5.91 Å². The van der Waals surface area contributed by atoms with Crippen molar-refractivity contribution >= 4 is 5.91 Å². The fourth-order valence-corrected chi connectivity index (χ4v) is 2.82. The van der Waals surface area contributed by atoms with Gasteiger partial charge < -0.3 is 14.8 Å². The van der Waals surface area contributed by atoms with Gasteiger partial charge in [0.25, 0.3) is 5.91 Å². The summed E-state index contributed by atoms with van der Waals surface area (Å²) in [5.41, 5.74) is 3.66. The first kappa shape index (κ1) is 18.5. The second kappa shape index (κ2) is 8.90. The molecule has 4 nitrogen and oxygen atoms in total. The molecule has 3 rings (SSSR count). The van der Waals surface area contributed by atoms with Crippen molar-refractivity contribution in [1.29, 1.82) is 0 Å². The first-order valence-corrected chi connectivity index (χ1v) is 8.94. The lowest BCUT2D eigenvalue weighted by Crippen LogP contribution is -2.22. The van der Waals surface area contributed by atoms with E-state index >= 15 is 0 Å². The van der Waals surface area contributed by atoms with Crippen LogP contribution in [0.25, 0.3) is 11.1 Å². The van der Waals surface area contributed by atoms with Crippen LogP contribution in [0.15, 0.2) is 72.8 Å². The smallest absolute Gasteiger partial charge is 0.251 e. The minimum atomic E-state index is -0.106. The fourth-order valence-electron chi connectivity index (χ4n) is 2.82. The van der Waals surface area contributed by atoms with E-state index in [0.717, 1.165) is 28.2 Å². The van der Waals surface area contributed by atoms with Gasteiger partial charge in [0, 0.05) is 12.1 Å². The number of benzene rings is 3. The van der Waals surface area contributed by atoms with E-state index in [1.54, 1.807) is 7.11 Å². The lowest BCUT2D eigenvalue weighted by atomic mass is 10.0. The number of rotatable bonds is 7. The number of hydrogen-bond donors (Lipinski definition) is 1. The van der Waals surface area contributed by atoms with Crippen molar-refractivity contribution in [2.45, 2.75) is 13.5 Å². The molecule has 138 valence electrons. The predicted molar refractivity (Wildman–Crippen MR) is 107 cm³/mol. The quantitative estimate of drug-likeness (QED) is 0.664. The molecule has 1 amide bonds. The van der Waals surface area contributed by atoms with Crippen molar-refractivity contribution in [2.75, 3.05) is 13.7 Å². The number of ether oxygens (including phenoxy) is 2. The van der Waals surface area contributed by atoms with Crippen LogP contribution in [0.3, 0.4) is 0 Å². The zero-order valence-corrected chi connectivity index (χ0v) is 15.6. The molecule has 0 aliphatic carbocycles. The van der Waals surface area contributed by atoms with Gasteiger partial charge in [-0.3, -0.25) is 4.79 Å². The number of carbonyl (C=O) groups excluding carboxylic acids is 1. The van der Waals surface area contributed by atoms with E-state index in [1.165, 1.54) is 0 Å². The molecule has 0 heterocycles. The number of hydrogen-bond acceptors (Lipinski definition) is 3. The molecule has 3 aromatic carbocycles. The summed E-state index contributed by atoms with van der Waals surface area (Å²) < 4.78 is 10.7. The van der Waals surface area contributed by atoms with E-state index in [9.17, 15) is 4.79 Å². The molecule has 4 heteroatoms. The topological polar surface area (TPSA) is 47.6 Å². The van der Waals surface area contributed by atoms with Gasteiger partial charge >= 0.3 is 0 Å². The largest absolute Gasteiger partial charge is 0.497 e.